The van der Waals surface area contributed by atoms with Gasteiger partial charge in [0.05, 0.1) is 5.69 Å². The fraction of sp³-hybridized carbons (Fsp3) is 0.353. The molecule has 110 valence electrons. The van der Waals surface area contributed by atoms with Crippen molar-refractivity contribution in [2.24, 2.45) is 5.41 Å². The van der Waals surface area contributed by atoms with Gasteiger partial charge in [-0.05, 0) is 37.0 Å². The molecular formula is C17H17F2NO. The molecule has 1 heterocycles. The lowest BCUT2D eigenvalue weighted by Crippen LogP contribution is -2.27. The van der Waals surface area contributed by atoms with Gasteiger partial charge < -0.3 is 4.57 Å². The number of aryl methyl sites for hydroxylation is 1. The van der Waals surface area contributed by atoms with Crippen LogP contribution in [0.1, 0.15) is 42.0 Å². The predicted octanol–water partition coefficient (Wildman–Crippen LogP) is 4.22. The number of rotatable bonds is 1. The second-order valence-electron chi connectivity index (χ2n) is 6.55. The molecule has 2 nitrogen and oxygen atoms in total. The summed E-state index contributed by atoms with van der Waals surface area (Å²) in [5.74, 6) is -1.14. The number of fused-ring (bicyclic) bond motifs is 1. The maximum absolute atomic E-state index is 13.5. The largest absolute Gasteiger partial charge is 0.317 e. The summed E-state index contributed by atoms with van der Waals surface area (Å²) in [6.07, 6.45) is 1.21. The van der Waals surface area contributed by atoms with E-state index in [1.165, 1.54) is 12.1 Å². The Hall–Kier alpha value is -1.97. The number of halogens is 2. The Morgan fingerprint density at radius 3 is 2.29 bits per heavy atom. The van der Waals surface area contributed by atoms with Crippen molar-refractivity contribution in [3.63, 3.8) is 0 Å². The molecule has 0 aliphatic heterocycles. The number of Topliss-reactive ketones (excluding diaryl/α,β-unsaturated/α-hetero) is 1. The molecule has 1 aromatic carbocycles. The number of nitrogens with zero attached hydrogens (tertiary/aromatic N) is 1. The van der Waals surface area contributed by atoms with Crippen LogP contribution < -0.4 is 0 Å². The van der Waals surface area contributed by atoms with Crippen molar-refractivity contribution < 1.29 is 13.6 Å². The summed E-state index contributed by atoms with van der Waals surface area (Å²) in [4.78, 5) is 12.3. The van der Waals surface area contributed by atoms with Gasteiger partial charge in [-0.1, -0.05) is 13.8 Å². The third-order valence-corrected chi connectivity index (χ3v) is 3.98. The summed E-state index contributed by atoms with van der Waals surface area (Å²) in [5.41, 5.74) is 2.63. The molecule has 0 atom stereocenters. The Labute approximate surface area is 122 Å². The molecule has 21 heavy (non-hydrogen) atoms. The smallest absolute Gasteiger partial charge is 0.165 e. The van der Waals surface area contributed by atoms with Crippen LogP contribution in [-0.2, 0) is 6.42 Å². The van der Waals surface area contributed by atoms with E-state index >= 15 is 0 Å². The van der Waals surface area contributed by atoms with E-state index in [0.717, 1.165) is 17.5 Å². The fourth-order valence-corrected chi connectivity index (χ4v) is 3.18. The van der Waals surface area contributed by atoms with Gasteiger partial charge in [-0.15, -0.1) is 0 Å². The van der Waals surface area contributed by atoms with Crippen LogP contribution in [-0.4, -0.2) is 10.4 Å². The number of benzene rings is 1. The highest BCUT2D eigenvalue weighted by atomic mass is 19.1. The van der Waals surface area contributed by atoms with Crippen molar-refractivity contribution in [2.75, 3.05) is 0 Å². The number of aromatic nitrogens is 1. The average Bonchev–Trinajstić information content (AvgIpc) is 2.63. The third kappa shape index (κ3) is 2.39. The molecule has 2 aromatic rings. The van der Waals surface area contributed by atoms with Gasteiger partial charge in [-0.3, -0.25) is 4.79 Å². The second kappa shape index (κ2) is 4.52. The van der Waals surface area contributed by atoms with Crippen LogP contribution in [0.5, 0.6) is 0 Å². The van der Waals surface area contributed by atoms with Gasteiger partial charge in [-0.2, -0.15) is 0 Å². The zero-order valence-electron chi connectivity index (χ0n) is 12.3. The van der Waals surface area contributed by atoms with Crippen LogP contribution in [0.3, 0.4) is 0 Å². The van der Waals surface area contributed by atoms with Crippen molar-refractivity contribution >= 4 is 5.78 Å². The Bertz CT molecular complexity index is 723. The van der Waals surface area contributed by atoms with E-state index in [2.05, 4.69) is 0 Å². The number of hydrogen-bond donors (Lipinski definition) is 0. The summed E-state index contributed by atoms with van der Waals surface area (Å²) in [5, 5.41) is 0. The molecule has 1 aliphatic rings. The number of carbonyl (C=O) groups is 1. The first kappa shape index (κ1) is 14.0. The molecule has 0 bridgehead atoms. The summed E-state index contributed by atoms with van der Waals surface area (Å²) < 4.78 is 28.8. The van der Waals surface area contributed by atoms with Crippen LogP contribution >= 0.6 is 0 Å². The van der Waals surface area contributed by atoms with Crippen LogP contribution in [0.4, 0.5) is 8.78 Å². The topological polar surface area (TPSA) is 22.0 Å². The molecular weight excluding hydrogens is 272 g/mol. The van der Waals surface area contributed by atoms with Crippen LogP contribution in [0.25, 0.3) is 5.69 Å². The van der Waals surface area contributed by atoms with E-state index in [1.807, 2.05) is 26.8 Å². The maximum Gasteiger partial charge on any atom is 0.165 e. The molecule has 4 heteroatoms. The predicted molar refractivity (Wildman–Crippen MR) is 76.9 cm³/mol. The first-order chi connectivity index (χ1) is 9.77. The maximum atomic E-state index is 13.5. The van der Waals surface area contributed by atoms with Gasteiger partial charge >= 0.3 is 0 Å². The van der Waals surface area contributed by atoms with Gasteiger partial charge in [0.25, 0.3) is 0 Å². The molecule has 0 N–H and O–H groups in total. The molecule has 0 spiro atoms. The van der Waals surface area contributed by atoms with Gasteiger partial charge in [0.1, 0.15) is 11.6 Å². The van der Waals surface area contributed by atoms with E-state index in [9.17, 15) is 13.6 Å². The molecule has 0 amide bonds. The lowest BCUT2D eigenvalue weighted by Gasteiger charge is -2.29. The third-order valence-electron chi connectivity index (χ3n) is 3.98. The molecule has 0 saturated heterocycles. The molecule has 3 rings (SSSR count). The highest BCUT2D eigenvalue weighted by Gasteiger charge is 2.34. The van der Waals surface area contributed by atoms with E-state index in [4.69, 9.17) is 0 Å². The Kier molecular flexibility index (Phi) is 3.01. The average molecular weight is 289 g/mol. The van der Waals surface area contributed by atoms with Crippen molar-refractivity contribution in [2.45, 2.75) is 33.6 Å². The number of carbonyl (C=O) groups excluding carboxylic acids is 1. The van der Waals surface area contributed by atoms with Gasteiger partial charge in [0.15, 0.2) is 5.78 Å². The minimum absolute atomic E-state index is 0.0972. The highest BCUT2D eigenvalue weighted by Crippen LogP contribution is 2.37. The molecule has 0 fully saturated rings. The minimum Gasteiger partial charge on any atom is -0.317 e. The van der Waals surface area contributed by atoms with E-state index < -0.39 is 11.6 Å². The standard InChI is InChI=1S/C17H17F2NO/c1-10-4-14-15(8-17(2,3)9-16(14)21)20(10)13-6-11(18)5-12(19)7-13/h4-7H,8-9H2,1-3H3. The van der Waals surface area contributed by atoms with Crippen molar-refractivity contribution in [1.29, 1.82) is 0 Å². The van der Waals surface area contributed by atoms with Crippen LogP contribution in [0, 0.1) is 24.0 Å². The lowest BCUT2D eigenvalue weighted by atomic mass is 9.76. The first-order valence-corrected chi connectivity index (χ1v) is 6.98. The van der Waals surface area contributed by atoms with E-state index in [-0.39, 0.29) is 11.2 Å². The summed E-state index contributed by atoms with van der Waals surface area (Å²) >= 11 is 0. The van der Waals surface area contributed by atoms with Gasteiger partial charge in [0.2, 0.25) is 0 Å². The monoisotopic (exact) mass is 289 g/mol. The number of hydrogen-bond acceptors (Lipinski definition) is 1. The molecule has 0 unspecified atom stereocenters. The Morgan fingerprint density at radius 1 is 1.05 bits per heavy atom. The summed E-state index contributed by atoms with van der Waals surface area (Å²) in [7, 11) is 0. The zero-order valence-corrected chi connectivity index (χ0v) is 12.3. The Morgan fingerprint density at radius 2 is 1.67 bits per heavy atom. The molecule has 1 aliphatic carbocycles. The van der Waals surface area contributed by atoms with Crippen molar-refractivity contribution in [3.05, 3.63) is 52.9 Å². The first-order valence-electron chi connectivity index (χ1n) is 6.98. The SMILES string of the molecule is Cc1cc2c(n1-c1cc(F)cc(F)c1)CC(C)(C)CC2=O. The molecule has 0 radical (unpaired) electrons. The quantitative estimate of drug-likeness (QED) is 0.770. The Balaban J connectivity index is 2.23. The highest BCUT2D eigenvalue weighted by molar-refractivity contribution is 5.99. The molecule has 1 aromatic heterocycles. The van der Waals surface area contributed by atoms with E-state index in [1.54, 1.807) is 4.57 Å². The normalized spacial score (nSPS) is 16.9. The molecule has 0 saturated carbocycles. The van der Waals surface area contributed by atoms with Gasteiger partial charge in [-0.25, -0.2) is 8.78 Å². The lowest BCUT2D eigenvalue weighted by molar-refractivity contribution is 0.0911. The summed E-state index contributed by atoms with van der Waals surface area (Å²) in [6, 6.07) is 5.25. The second-order valence-corrected chi connectivity index (χ2v) is 6.55. The van der Waals surface area contributed by atoms with Crippen molar-refractivity contribution in [1.82, 2.24) is 4.57 Å². The summed E-state index contributed by atoms with van der Waals surface area (Å²) in [6.45, 7) is 5.92. The van der Waals surface area contributed by atoms with E-state index in [0.29, 0.717) is 24.1 Å². The minimum atomic E-state index is -0.617. The van der Waals surface area contributed by atoms with Crippen LogP contribution in [0.2, 0.25) is 0 Å². The van der Waals surface area contributed by atoms with Crippen LogP contribution in [0.15, 0.2) is 24.3 Å². The van der Waals surface area contributed by atoms with Crippen molar-refractivity contribution in [3.8, 4) is 5.69 Å². The van der Waals surface area contributed by atoms with Gasteiger partial charge in [0, 0.05) is 29.4 Å². The number of ketones is 1. The fourth-order valence-electron chi connectivity index (χ4n) is 3.18. The zero-order chi connectivity index (χ0) is 15.4.